The van der Waals surface area contributed by atoms with Crippen molar-refractivity contribution in [2.45, 2.75) is 12.8 Å². The van der Waals surface area contributed by atoms with E-state index in [0.717, 1.165) is 0 Å². The zero-order valence-electron chi connectivity index (χ0n) is 5.58. The first kappa shape index (κ1) is 8.26. The maximum Gasteiger partial charge on any atom is 0.303 e. The van der Waals surface area contributed by atoms with E-state index in [4.69, 9.17) is 9.52 Å². The summed E-state index contributed by atoms with van der Waals surface area (Å²) in [6, 6.07) is 0. The van der Waals surface area contributed by atoms with Gasteiger partial charge in [0.15, 0.2) is 10.6 Å². The molecular weight excluding hydrogens is 214 g/mol. The second kappa shape index (κ2) is 3.52. The van der Waals surface area contributed by atoms with E-state index in [9.17, 15) is 4.79 Å². The van der Waals surface area contributed by atoms with Crippen molar-refractivity contribution < 1.29 is 14.3 Å². The van der Waals surface area contributed by atoms with Crippen molar-refractivity contribution in [3.8, 4) is 0 Å². The molecule has 0 amide bonds. The third-order valence-electron chi connectivity index (χ3n) is 1.08. The molecule has 0 aliphatic rings. The fourth-order valence-corrected chi connectivity index (χ4v) is 0.907. The van der Waals surface area contributed by atoms with E-state index < -0.39 is 5.97 Å². The van der Waals surface area contributed by atoms with Crippen molar-refractivity contribution in [1.82, 2.24) is 4.98 Å². The molecule has 11 heavy (non-hydrogen) atoms. The SMILES string of the molecule is O=C(O)CCc1ncc(Br)o1. The molecule has 0 radical (unpaired) electrons. The van der Waals surface area contributed by atoms with Crippen LogP contribution in [0, 0.1) is 0 Å². The third-order valence-corrected chi connectivity index (χ3v) is 1.44. The summed E-state index contributed by atoms with van der Waals surface area (Å²) in [6.07, 6.45) is 1.88. The van der Waals surface area contributed by atoms with Crippen LogP contribution in [0.5, 0.6) is 0 Å². The molecule has 5 heteroatoms. The molecule has 0 spiro atoms. The van der Waals surface area contributed by atoms with Gasteiger partial charge >= 0.3 is 5.97 Å². The van der Waals surface area contributed by atoms with Gasteiger partial charge in [0.25, 0.3) is 0 Å². The summed E-state index contributed by atoms with van der Waals surface area (Å²) in [5.74, 6) is -0.404. The highest BCUT2D eigenvalue weighted by atomic mass is 79.9. The zero-order chi connectivity index (χ0) is 8.27. The van der Waals surface area contributed by atoms with E-state index in [2.05, 4.69) is 20.9 Å². The van der Waals surface area contributed by atoms with Gasteiger partial charge < -0.3 is 9.52 Å². The monoisotopic (exact) mass is 219 g/mol. The van der Waals surface area contributed by atoms with Crippen molar-refractivity contribution in [3.63, 3.8) is 0 Å². The molecule has 60 valence electrons. The quantitative estimate of drug-likeness (QED) is 0.837. The number of rotatable bonds is 3. The number of carboxylic acids is 1. The Labute approximate surface area is 71.4 Å². The lowest BCUT2D eigenvalue weighted by Gasteiger charge is -1.88. The number of aryl methyl sites for hydroxylation is 1. The lowest BCUT2D eigenvalue weighted by molar-refractivity contribution is -0.137. The molecule has 0 saturated heterocycles. The number of hydrogen-bond donors (Lipinski definition) is 1. The number of aromatic nitrogens is 1. The van der Waals surface area contributed by atoms with Crippen LogP contribution in [0.2, 0.25) is 0 Å². The van der Waals surface area contributed by atoms with Crippen LogP contribution in [-0.2, 0) is 11.2 Å². The first-order valence-electron chi connectivity index (χ1n) is 3.00. The first-order valence-corrected chi connectivity index (χ1v) is 3.80. The fourth-order valence-electron chi connectivity index (χ4n) is 0.617. The molecule has 1 N–H and O–H groups in total. The highest BCUT2D eigenvalue weighted by Gasteiger charge is 2.03. The van der Waals surface area contributed by atoms with Gasteiger partial charge in [0.2, 0.25) is 0 Å². The number of oxazole rings is 1. The second-order valence-corrected chi connectivity index (χ2v) is 2.73. The molecule has 0 aromatic carbocycles. The van der Waals surface area contributed by atoms with E-state index in [-0.39, 0.29) is 6.42 Å². The Morgan fingerprint density at radius 2 is 2.55 bits per heavy atom. The highest BCUT2D eigenvalue weighted by molar-refractivity contribution is 9.10. The van der Waals surface area contributed by atoms with Gasteiger partial charge in [0, 0.05) is 6.42 Å². The van der Waals surface area contributed by atoms with Crippen LogP contribution in [0.1, 0.15) is 12.3 Å². The molecule has 0 aliphatic carbocycles. The average molecular weight is 220 g/mol. The van der Waals surface area contributed by atoms with Crippen LogP contribution in [0.4, 0.5) is 0 Å². The number of halogens is 1. The van der Waals surface area contributed by atoms with E-state index >= 15 is 0 Å². The third kappa shape index (κ3) is 2.71. The zero-order valence-corrected chi connectivity index (χ0v) is 7.17. The van der Waals surface area contributed by atoms with Crippen molar-refractivity contribution in [2.24, 2.45) is 0 Å². The van der Waals surface area contributed by atoms with E-state index in [1.807, 2.05) is 0 Å². The maximum atomic E-state index is 10.1. The Hall–Kier alpha value is -0.840. The molecule has 0 bridgehead atoms. The molecule has 0 saturated carbocycles. The average Bonchev–Trinajstić information content (AvgIpc) is 2.31. The molecule has 0 atom stereocenters. The largest absolute Gasteiger partial charge is 0.481 e. The minimum Gasteiger partial charge on any atom is -0.481 e. The Kier molecular flexibility index (Phi) is 2.64. The van der Waals surface area contributed by atoms with Crippen molar-refractivity contribution in [3.05, 3.63) is 16.8 Å². The normalized spacial score (nSPS) is 9.91. The minimum absolute atomic E-state index is 0.0486. The Morgan fingerprint density at radius 3 is 3.00 bits per heavy atom. The molecule has 1 aromatic rings. The first-order chi connectivity index (χ1) is 5.18. The molecule has 1 heterocycles. The van der Waals surface area contributed by atoms with Crippen LogP contribution >= 0.6 is 15.9 Å². The van der Waals surface area contributed by atoms with Gasteiger partial charge in [-0.25, -0.2) is 4.98 Å². The molecule has 0 unspecified atom stereocenters. The van der Waals surface area contributed by atoms with E-state index in [1.165, 1.54) is 6.20 Å². The smallest absolute Gasteiger partial charge is 0.303 e. The Morgan fingerprint density at radius 1 is 1.82 bits per heavy atom. The Balaban J connectivity index is 2.45. The number of hydrogen-bond acceptors (Lipinski definition) is 3. The molecule has 0 aliphatic heterocycles. The molecule has 4 nitrogen and oxygen atoms in total. The van der Waals surface area contributed by atoms with E-state index in [1.54, 1.807) is 0 Å². The lowest BCUT2D eigenvalue weighted by atomic mass is 10.3. The van der Waals surface area contributed by atoms with Gasteiger partial charge in [-0.3, -0.25) is 4.79 Å². The van der Waals surface area contributed by atoms with Crippen LogP contribution in [0.3, 0.4) is 0 Å². The topological polar surface area (TPSA) is 63.3 Å². The van der Waals surface area contributed by atoms with Gasteiger partial charge in [0.1, 0.15) is 0 Å². The lowest BCUT2D eigenvalue weighted by Crippen LogP contribution is -1.97. The molecule has 1 rings (SSSR count). The summed E-state index contributed by atoms with van der Waals surface area (Å²) in [6.45, 7) is 0. The number of nitrogens with zero attached hydrogens (tertiary/aromatic N) is 1. The number of aliphatic carboxylic acids is 1. The summed E-state index contributed by atoms with van der Waals surface area (Å²) in [7, 11) is 0. The summed E-state index contributed by atoms with van der Waals surface area (Å²) >= 11 is 3.06. The van der Waals surface area contributed by atoms with Gasteiger partial charge in [-0.05, 0) is 15.9 Å². The Bertz CT molecular complexity index is 258. The standard InChI is InChI=1S/C6H6BrNO3/c7-4-3-8-5(11-4)1-2-6(9)10/h3H,1-2H2,(H,9,10). The second-order valence-electron chi connectivity index (χ2n) is 1.95. The molecular formula is C6H6BrNO3. The van der Waals surface area contributed by atoms with Crippen molar-refractivity contribution in [1.29, 1.82) is 0 Å². The van der Waals surface area contributed by atoms with Gasteiger partial charge in [-0.2, -0.15) is 0 Å². The number of carbonyl (C=O) groups is 1. The number of carboxylic acid groups (broad SMARTS) is 1. The summed E-state index contributed by atoms with van der Waals surface area (Å²) in [4.78, 5) is 13.9. The van der Waals surface area contributed by atoms with Crippen LogP contribution in [0.15, 0.2) is 15.3 Å². The predicted octanol–water partition coefficient (Wildman–Crippen LogP) is 1.45. The van der Waals surface area contributed by atoms with Gasteiger partial charge in [-0.15, -0.1) is 0 Å². The molecule has 1 aromatic heterocycles. The summed E-state index contributed by atoms with van der Waals surface area (Å²) in [5, 5.41) is 8.30. The van der Waals surface area contributed by atoms with Gasteiger partial charge in [0.05, 0.1) is 12.6 Å². The minimum atomic E-state index is -0.848. The maximum absolute atomic E-state index is 10.1. The van der Waals surface area contributed by atoms with Crippen molar-refractivity contribution >= 4 is 21.9 Å². The molecule has 0 fully saturated rings. The van der Waals surface area contributed by atoms with E-state index in [0.29, 0.717) is 17.0 Å². The highest BCUT2D eigenvalue weighted by Crippen LogP contribution is 2.11. The van der Waals surface area contributed by atoms with Crippen molar-refractivity contribution in [2.75, 3.05) is 0 Å². The predicted molar refractivity (Wildman–Crippen MR) is 40.2 cm³/mol. The van der Waals surface area contributed by atoms with Crippen LogP contribution in [0.25, 0.3) is 0 Å². The van der Waals surface area contributed by atoms with Crippen LogP contribution < -0.4 is 0 Å². The van der Waals surface area contributed by atoms with Crippen LogP contribution in [-0.4, -0.2) is 16.1 Å². The fraction of sp³-hybridized carbons (Fsp3) is 0.333. The summed E-state index contributed by atoms with van der Waals surface area (Å²) in [5.41, 5.74) is 0. The summed E-state index contributed by atoms with van der Waals surface area (Å²) < 4.78 is 5.50. The van der Waals surface area contributed by atoms with Gasteiger partial charge in [-0.1, -0.05) is 0 Å².